The molecule has 0 saturated heterocycles. The number of hydrogen-bond acceptors (Lipinski definition) is 4. The number of benzene rings is 3. The Hall–Kier alpha value is -4.26. The van der Waals surface area contributed by atoms with E-state index >= 15 is 0 Å². The van der Waals surface area contributed by atoms with Gasteiger partial charge < -0.3 is 10.6 Å². The lowest BCUT2D eigenvalue weighted by molar-refractivity contribution is -0.384. The summed E-state index contributed by atoms with van der Waals surface area (Å²) >= 11 is 0. The second-order valence-corrected chi connectivity index (χ2v) is 6.80. The highest BCUT2D eigenvalue weighted by Crippen LogP contribution is 2.22. The molecule has 0 unspecified atom stereocenters. The fraction of sp³-hybridized carbons (Fsp3) is 0.0833. The molecular weight excluding hydrogens is 394 g/mol. The first-order valence-corrected chi connectivity index (χ1v) is 9.60. The van der Waals surface area contributed by atoms with Crippen molar-refractivity contribution in [1.82, 2.24) is 10.6 Å². The van der Waals surface area contributed by atoms with E-state index in [-0.39, 0.29) is 17.9 Å². The number of nitrogens with one attached hydrogen (secondary N) is 2. The van der Waals surface area contributed by atoms with Gasteiger partial charge >= 0.3 is 0 Å². The number of nitro groups is 1. The minimum Gasteiger partial charge on any atom is -0.347 e. The maximum absolute atomic E-state index is 13.0. The first-order chi connectivity index (χ1) is 15.0. The van der Waals surface area contributed by atoms with Crippen LogP contribution in [0.1, 0.15) is 28.4 Å². The van der Waals surface area contributed by atoms with Crippen LogP contribution in [-0.4, -0.2) is 16.7 Å². The third-order valence-electron chi connectivity index (χ3n) is 4.66. The quantitative estimate of drug-likeness (QED) is 0.345. The number of nitro benzene ring substituents is 1. The summed E-state index contributed by atoms with van der Waals surface area (Å²) in [6.07, 6.45) is 0. The van der Waals surface area contributed by atoms with Crippen LogP contribution in [0.15, 0.2) is 90.6 Å². The van der Waals surface area contributed by atoms with Crippen molar-refractivity contribution in [3.8, 4) is 0 Å². The number of carbonyl (C=O) groups excluding carboxylic acids is 2. The first kappa shape index (κ1) is 21.4. The average molecular weight is 415 g/mol. The molecule has 3 rings (SSSR count). The van der Waals surface area contributed by atoms with Gasteiger partial charge in [-0.05, 0) is 35.8 Å². The molecule has 0 atom stereocenters. The van der Waals surface area contributed by atoms with Gasteiger partial charge in [0.1, 0.15) is 5.70 Å². The summed E-state index contributed by atoms with van der Waals surface area (Å²) in [5.41, 5.74) is 2.10. The SMILES string of the molecule is C/C(=C(\NC(=O)c1ccccc1)C(=O)NCc1ccccc1)c1cccc([N+](=O)[O-])c1. The van der Waals surface area contributed by atoms with Crippen molar-refractivity contribution in [2.45, 2.75) is 13.5 Å². The van der Waals surface area contributed by atoms with Crippen LogP contribution in [-0.2, 0) is 11.3 Å². The van der Waals surface area contributed by atoms with Crippen molar-refractivity contribution in [1.29, 1.82) is 0 Å². The van der Waals surface area contributed by atoms with E-state index in [9.17, 15) is 19.7 Å². The normalized spacial score (nSPS) is 11.3. The minimum absolute atomic E-state index is 0.0327. The summed E-state index contributed by atoms with van der Waals surface area (Å²) in [6.45, 7) is 1.91. The van der Waals surface area contributed by atoms with Gasteiger partial charge in [0.25, 0.3) is 17.5 Å². The highest BCUT2D eigenvalue weighted by atomic mass is 16.6. The number of nitrogens with zero attached hydrogens (tertiary/aromatic N) is 1. The lowest BCUT2D eigenvalue weighted by atomic mass is 10.0. The van der Waals surface area contributed by atoms with Gasteiger partial charge in [-0.1, -0.05) is 60.7 Å². The van der Waals surface area contributed by atoms with E-state index in [1.807, 2.05) is 30.3 Å². The smallest absolute Gasteiger partial charge is 0.270 e. The van der Waals surface area contributed by atoms with E-state index in [1.165, 1.54) is 18.2 Å². The van der Waals surface area contributed by atoms with Crippen LogP contribution in [0.5, 0.6) is 0 Å². The molecule has 3 aromatic rings. The number of allylic oxidation sites excluding steroid dienone is 1. The fourth-order valence-electron chi connectivity index (χ4n) is 2.96. The molecule has 0 fully saturated rings. The van der Waals surface area contributed by atoms with Crippen molar-refractivity contribution < 1.29 is 14.5 Å². The number of non-ortho nitro benzene ring substituents is 1. The average Bonchev–Trinajstić information content (AvgIpc) is 2.81. The molecular formula is C24H21N3O4. The molecule has 0 aromatic heterocycles. The summed E-state index contributed by atoms with van der Waals surface area (Å²) in [4.78, 5) is 36.3. The fourth-order valence-corrected chi connectivity index (χ4v) is 2.96. The van der Waals surface area contributed by atoms with E-state index in [2.05, 4.69) is 10.6 Å². The molecule has 0 heterocycles. The topological polar surface area (TPSA) is 101 Å². The van der Waals surface area contributed by atoms with Crippen molar-refractivity contribution in [3.63, 3.8) is 0 Å². The summed E-state index contributed by atoms with van der Waals surface area (Å²) in [7, 11) is 0. The summed E-state index contributed by atoms with van der Waals surface area (Å²) in [6, 6.07) is 23.8. The molecule has 0 bridgehead atoms. The Bertz CT molecular complexity index is 1130. The molecule has 31 heavy (non-hydrogen) atoms. The molecule has 3 aromatic carbocycles. The molecule has 2 amide bonds. The first-order valence-electron chi connectivity index (χ1n) is 9.60. The predicted octanol–water partition coefficient (Wildman–Crippen LogP) is 4.07. The third kappa shape index (κ3) is 5.63. The Morgan fingerprint density at radius 1 is 0.871 bits per heavy atom. The van der Waals surface area contributed by atoms with Crippen LogP contribution in [0.3, 0.4) is 0 Å². The Kier molecular flexibility index (Phi) is 6.90. The Morgan fingerprint density at radius 2 is 1.48 bits per heavy atom. The minimum atomic E-state index is -0.505. The van der Waals surface area contributed by atoms with E-state index < -0.39 is 16.7 Å². The molecule has 0 spiro atoms. The van der Waals surface area contributed by atoms with E-state index in [4.69, 9.17) is 0 Å². The number of rotatable bonds is 7. The molecule has 0 aliphatic carbocycles. The van der Waals surface area contributed by atoms with Gasteiger partial charge in [-0.15, -0.1) is 0 Å². The standard InChI is InChI=1S/C24H21N3O4/c1-17(20-13-8-14-21(15-20)27(30)31)22(26-23(28)19-11-6-3-7-12-19)24(29)25-16-18-9-4-2-5-10-18/h2-15H,16H2,1H3,(H,25,29)(H,26,28)/b22-17+. The molecule has 156 valence electrons. The van der Waals surface area contributed by atoms with Crippen LogP contribution >= 0.6 is 0 Å². The Labute approximate surface area is 179 Å². The molecule has 0 saturated carbocycles. The number of amides is 2. The molecule has 0 radical (unpaired) electrons. The van der Waals surface area contributed by atoms with E-state index in [0.717, 1.165) is 5.56 Å². The summed E-state index contributed by atoms with van der Waals surface area (Å²) in [5, 5.41) is 16.6. The molecule has 7 heteroatoms. The lowest BCUT2D eigenvalue weighted by Crippen LogP contribution is -2.35. The van der Waals surface area contributed by atoms with Gasteiger partial charge in [0, 0.05) is 24.2 Å². The monoisotopic (exact) mass is 415 g/mol. The summed E-state index contributed by atoms with van der Waals surface area (Å²) in [5.74, 6) is -0.938. The second kappa shape index (κ2) is 9.98. The van der Waals surface area contributed by atoms with Gasteiger partial charge in [0.15, 0.2) is 0 Å². The maximum atomic E-state index is 13.0. The predicted molar refractivity (Wildman–Crippen MR) is 118 cm³/mol. The number of hydrogen-bond donors (Lipinski definition) is 2. The van der Waals surface area contributed by atoms with Crippen LogP contribution in [0.25, 0.3) is 5.57 Å². The van der Waals surface area contributed by atoms with Crippen molar-refractivity contribution >= 4 is 23.1 Å². The van der Waals surface area contributed by atoms with Crippen LogP contribution in [0, 0.1) is 10.1 Å². The molecule has 7 nitrogen and oxygen atoms in total. The van der Waals surface area contributed by atoms with Gasteiger partial charge in [0.2, 0.25) is 0 Å². The largest absolute Gasteiger partial charge is 0.347 e. The second-order valence-electron chi connectivity index (χ2n) is 6.80. The Morgan fingerprint density at radius 3 is 2.13 bits per heavy atom. The third-order valence-corrected chi connectivity index (χ3v) is 4.66. The highest BCUT2D eigenvalue weighted by Gasteiger charge is 2.19. The van der Waals surface area contributed by atoms with E-state index in [0.29, 0.717) is 16.7 Å². The van der Waals surface area contributed by atoms with Crippen molar-refractivity contribution in [3.05, 3.63) is 117 Å². The zero-order valence-corrected chi connectivity index (χ0v) is 16.9. The molecule has 2 N–H and O–H groups in total. The zero-order valence-electron chi connectivity index (χ0n) is 16.9. The van der Waals surface area contributed by atoms with Crippen LogP contribution in [0.2, 0.25) is 0 Å². The molecule has 0 aliphatic rings. The van der Waals surface area contributed by atoms with Gasteiger partial charge in [0.05, 0.1) is 4.92 Å². The maximum Gasteiger partial charge on any atom is 0.270 e. The summed E-state index contributed by atoms with van der Waals surface area (Å²) < 4.78 is 0. The van der Waals surface area contributed by atoms with Crippen molar-refractivity contribution in [2.75, 3.05) is 0 Å². The van der Waals surface area contributed by atoms with Crippen LogP contribution in [0.4, 0.5) is 5.69 Å². The van der Waals surface area contributed by atoms with Gasteiger partial charge in [-0.3, -0.25) is 19.7 Å². The van der Waals surface area contributed by atoms with Gasteiger partial charge in [-0.2, -0.15) is 0 Å². The highest BCUT2D eigenvalue weighted by molar-refractivity contribution is 6.07. The van der Waals surface area contributed by atoms with Crippen LogP contribution < -0.4 is 10.6 Å². The zero-order chi connectivity index (χ0) is 22.2. The lowest BCUT2D eigenvalue weighted by Gasteiger charge is -2.15. The molecule has 0 aliphatic heterocycles. The van der Waals surface area contributed by atoms with Crippen molar-refractivity contribution in [2.24, 2.45) is 0 Å². The number of carbonyl (C=O) groups is 2. The van der Waals surface area contributed by atoms with E-state index in [1.54, 1.807) is 43.3 Å². The Balaban J connectivity index is 1.93. The van der Waals surface area contributed by atoms with Gasteiger partial charge in [-0.25, -0.2) is 0 Å².